The number of nitrogens with zero attached hydrogens (tertiary/aromatic N) is 3. The molecule has 1 amide bonds. The van der Waals surface area contributed by atoms with Crippen LogP contribution in [0.15, 0.2) is 36.5 Å². The summed E-state index contributed by atoms with van der Waals surface area (Å²) in [6.45, 7) is 3.78. The quantitative estimate of drug-likeness (QED) is 0.392. The van der Waals surface area contributed by atoms with Gasteiger partial charge in [-0.3, -0.25) is 9.69 Å². The second-order valence-corrected chi connectivity index (χ2v) is 11.0. The maximum absolute atomic E-state index is 12.6. The van der Waals surface area contributed by atoms with Gasteiger partial charge in [-0.2, -0.15) is 4.98 Å². The van der Waals surface area contributed by atoms with Crippen LogP contribution in [-0.2, 0) is 22.4 Å². The van der Waals surface area contributed by atoms with E-state index in [0.717, 1.165) is 51.3 Å². The Morgan fingerprint density at radius 2 is 1.89 bits per heavy atom. The van der Waals surface area contributed by atoms with Crippen molar-refractivity contribution in [2.75, 3.05) is 44.0 Å². The first-order chi connectivity index (χ1) is 18.1. The van der Waals surface area contributed by atoms with Gasteiger partial charge in [0.05, 0.1) is 25.3 Å². The highest BCUT2D eigenvalue weighted by Crippen LogP contribution is 2.45. The standard InChI is InChI=1S/C28H35ClN6O2/c1-30-27(36)24-19-2-3-20(14-19)25(24)33-26-23(29)16-31-28(34-26)32-21-7-4-17-5-8-22(9-6-18(17)15-21)35-10-12-37-13-11-35/h2-4,7,15-16,19-20,22,24-25H,5-6,8-14H2,1H3,(H,30,36)(H2,31,32,33,34). The second kappa shape index (κ2) is 10.6. The van der Waals surface area contributed by atoms with Gasteiger partial charge in [0.25, 0.3) is 0 Å². The van der Waals surface area contributed by atoms with E-state index >= 15 is 0 Å². The van der Waals surface area contributed by atoms with E-state index in [0.29, 0.717) is 28.7 Å². The Bertz CT molecular complexity index is 1180. The summed E-state index contributed by atoms with van der Waals surface area (Å²) < 4.78 is 5.55. The van der Waals surface area contributed by atoms with Crippen LogP contribution in [-0.4, -0.2) is 66.2 Å². The van der Waals surface area contributed by atoms with Gasteiger partial charge in [-0.1, -0.05) is 29.8 Å². The van der Waals surface area contributed by atoms with Crippen LogP contribution in [0.5, 0.6) is 0 Å². The van der Waals surface area contributed by atoms with E-state index in [9.17, 15) is 4.79 Å². The zero-order chi connectivity index (χ0) is 25.4. The van der Waals surface area contributed by atoms with Gasteiger partial charge in [0.1, 0.15) is 5.02 Å². The molecule has 1 saturated carbocycles. The van der Waals surface area contributed by atoms with Crippen LogP contribution in [0.2, 0.25) is 5.02 Å². The van der Waals surface area contributed by atoms with E-state index in [1.807, 2.05) is 0 Å². The minimum Gasteiger partial charge on any atom is -0.379 e. The van der Waals surface area contributed by atoms with Crippen molar-refractivity contribution in [3.63, 3.8) is 0 Å². The smallest absolute Gasteiger partial charge is 0.229 e. The minimum atomic E-state index is -0.131. The molecule has 2 bridgehead atoms. The van der Waals surface area contributed by atoms with Crippen molar-refractivity contribution in [1.82, 2.24) is 20.2 Å². The molecule has 4 aliphatic rings. The van der Waals surface area contributed by atoms with Gasteiger partial charge < -0.3 is 20.7 Å². The van der Waals surface area contributed by atoms with Crippen molar-refractivity contribution in [3.05, 3.63) is 52.7 Å². The highest BCUT2D eigenvalue weighted by Gasteiger charge is 2.48. The predicted molar refractivity (Wildman–Crippen MR) is 145 cm³/mol. The van der Waals surface area contributed by atoms with E-state index in [2.05, 4.69) is 56.2 Å². The molecule has 2 fully saturated rings. The number of anilines is 3. The molecular weight excluding hydrogens is 488 g/mol. The monoisotopic (exact) mass is 522 g/mol. The third-order valence-electron chi connectivity index (χ3n) is 8.57. The number of allylic oxidation sites excluding steroid dienone is 1. The zero-order valence-corrected chi connectivity index (χ0v) is 22.0. The Balaban J connectivity index is 1.15. The molecule has 3 aliphatic carbocycles. The fourth-order valence-electron chi connectivity index (χ4n) is 6.64. The summed E-state index contributed by atoms with van der Waals surface area (Å²) in [4.78, 5) is 24.3. The van der Waals surface area contributed by atoms with Crippen LogP contribution in [0.4, 0.5) is 17.5 Å². The summed E-state index contributed by atoms with van der Waals surface area (Å²) in [5.74, 6) is 1.51. The van der Waals surface area contributed by atoms with Gasteiger partial charge in [0.15, 0.2) is 5.82 Å². The molecular formula is C28H35ClN6O2. The summed E-state index contributed by atoms with van der Waals surface area (Å²) >= 11 is 6.49. The highest BCUT2D eigenvalue weighted by molar-refractivity contribution is 6.32. The molecule has 5 atom stereocenters. The third-order valence-corrected chi connectivity index (χ3v) is 8.85. The maximum Gasteiger partial charge on any atom is 0.229 e. The van der Waals surface area contributed by atoms with E-state index in [1.165, 1.54) is 24.0 Å². The molecule has 8 nitrogen and oxygen atoms in total. The number of hydrogen-bond donors (Lipinski definition) is 3. The molecule has 0 spiro atoms. The lowest BCUT2D eigenvalue weighted by molar-refractivity contribution is -0.125. The van der Waals surface area contributed by atoms with Crippen molar-refractivity contribution in [3.8, 4) is 0 Å². The summed E-state index contributed by atoms with van der Waals surface area (Å²) in [5.41, 5.74) is 3.81. The Morgan fingerprint density at radius 1 is 1.11 bits per heavy atom. The van der Waals surface area contributed by atoms with Gasteiger partial charge in [-0.15, -0.1) is 0 Å². The molecule has 0 radical (unpaired) electrons. The van der Waals surface area contributed by atoms with E-state index < -0.39 is 0 Å². The molecule has 1 aliphatic heterocycles. The number of morpholine rings is 1. The first-order valence-electron chi connectivity index (χ1n) is 13.5. The predicted octanol–water partition coefficient (Wildman–Crippen LogP) is 3.80. The van der Waals surface area contributed by atoms with Crippen molar-refractivity contribution in [2.45, 2.75) is 44.2 Å². The number of aryl methyl sites for hydroxylation is 2. The van der Waals surface area contributed by atoms with Crippen LogP contribution in [0.3, 0.4) is 0 Å². The topological polar surface area (TPSA) is 91.4 Å². The highest BCUT2D eigenvalue weighted by atomic mass is 35.5. The van der Waals surface area contributed by atoms with E-state index in [1.54, 1.807) is 13.2 Å². The molecule has 2 aromatic rings. The molecule has 1 aromatic carbocycles. The molecule has 196 valence electrons. The Kier molecular flexibility index (Phi) is 7.06. The molecule has 1 saturated heterocycles. The zero-order valence-electron chi connectivity index (χ0n) is 21.3. The summed E-state index contributed by atoms with van der Waals surface area (Å²) in [6.07, 6.45) is 11.5. The number of nitrogens with one attached hydrogen (secondary N) is 3. The number of ether oxygens (including phenoxy) is 1. The van der Waals surface area contributed by atoms with Crippen molar-refractivity contribution < 1.29 is 9.53 Å². The summed E-state index contributed by atoms with van der Waals surface area (Å²) in [6, 6.07) is 7.18. The molecule has 3 N–H and O–H groups in total. The number of hydrogen-bond acceptors (Lipinski definition) is 7. The normalized spacial score (nSPS) is 29.0. The molecule has 6 rings (SSSR count). The Morgan fingerprint density at radius 3 is 2.70 bits per heavy atom. The lowest BCUT2D eigenvalue weighted by Crippen LogP contribution is -2.43. The number of benzene rings is 1. The van der Waals surface area contributed by atoms with E-state index in [-0.39, 0.29) is 23.8 Å². The number of amides is 1. The number of aromatic nitrogens is 2. The molecule has 5 unspecified atom stereocenters. The van der Waals surface area contributed by atoms with Crippen LogP contribution in [0.25, 0.3) is 0 Å². The van der Waals surface area contributed by atoms with Crippen LogP contribution in [0.1, 0.15) is 30.4 Å². The van der Waals surface area contributed by atoms with Crippen LogP contribution >= 0.6 is 11.6 Å². The summed E-state index contributed by atoms with van der Waals surface area (Å²) in [7, 11) is 1.69. The Hall–Kier alpha value is -2.68. The van der Waals surface area contributed by atoms with Crippen molar-refractivity contribution in [1.29, 1.82) is 0 Å². The van der Waals surface area contributed by atoms with Gasteiger partial charge in [0.2, 0.25) is 11.9 Å². The number of carbonyl (C=O) groups excluding carboxylic acids is 1. The molecule has 1 aromatic heterocycles. The number of fused-ring (bicyclic) bond motifs is 3. The average Bonchev–Trinajstić information content (AvgIpc) is 3.46. The fourth-order valence-corrected chi connectivity index (χ4v) is 6.78. The largest absolute Gasteiger partial charge is 0.379 e. The average molecular weight is 523 g/mol. The maximum atomic E-state index is 12.6. The number of rotatable bonds is 6. The Labute approximate surface area is 223 Å². The van der Waals surface area contributed by atoms with Gasteiger partial charge in [0, 0.05) is 37.9 Å². The van der Waals surface area contributed by atoms with Gasteiger partial charge in [-0.05, 0) is 67.2 Å². The third kappa shape index (κ3) is 5.07. The molecule has 9 heteroatoms. The second-order valence-electron chi connectivity index (χ2n) is 10.6. The van der Waals surface area contributed by atoms with E-state index in [4.69, 9.17) is 21.3 Å². The number of carbonyl (C=O) groups is 1. The lowest BCUT2D eigenvalue weighted by Gasteiger charge is -2.33. The summed E-state index contributed by atoms with van der Waals surface area (Å²) in [5, 5.41) is 10.1. The minimum absolute atomic E-state index is 0.0397. The first-order valence-corrected chi connectivity index (χ1v) is 13.9. The molecule has 2 heterocycles. The SMILES string of the molecule is CNC(=O)C1C2C=CC(C2)C1Nc1nc(Nc2ccc3c(c2)CCC(N2CCOCC2)CC3)ncc1Cl. The lowest BCUT2D eigenvalue weighted by atomic mass is 9.88. The fraction of sp³-hybridized carbons (Fsp3) is 0.536. The van der Waals surface area contributed by atoms with Crippen LogP contribution < -0.4 is 16.0 Å². The number of halogens is 1. The first kappa shape index (κ1) is 24.6. The van der Waals surface area contributed by atoms with Crippen LogP contribution in [0, 0.1) is 17.8 Å². The van der Waals surface area contributed by atoms with Gasteiger partial charge >= 0.3 is 0 Å². The van der Waals surface area contributed by atoms with Crippen molar-refractivity contribution >= 4 is 35.0 Å². The van der Waals surface area contributed by atoms with Crippen molar-refractivity contribution in [2.24, 2.45) is 17.8 Å². The van der Waals surface area contributed by atoms with Gasteiger partial charge in [-0.25, -0.2) is 4.98 Å². The molecule has 37 heavy (non-hydrogen) atoms.